The third-order valence-corrected chi connectivity index (χ3v) is 22.4. The van der Waals surface area contributed by atoms with Gasteiger partial charge in [-0.2, -0.15) is 0 Å². The van der Waals surface area contributed by atoms with Gasteiger partial charge in [0.25, 0.3) is 0 Å². The third kappa shape index (κ3) is 4.95. The molecule has 1 saturated heterocycles. The van der Waals surface area contributed by atoms with Gasteiger partial charge in [0.2, 0.25) is 16.6 Å². The van der Waals surface area contributed by atoms with Crippen LogP contribution in [0.25, 0.3) is 0 Å². The van der Waals surface area contributed by atoms with E-state index < -0.39 is 24.7 Å². The molecule has 2 aromatic carbocycles. The molecule has 0 saturated carbocycles. The Hall–Kier alpha value is -1.31. The van der Waals surface area contributed by atoms with E-state index in [1.165, 1.54) is 18.5 Å². The Morgan fingerprint density at radius 2 is 0.906 bits per heavy atom. The van der Waals surface area contributed by atoms with E-state index in [9.17, 15) is 0 Å². The summed E-state index contributed by atoms with van der Waals surface area (Å²) in [5.41, 5.74) is 0. The first kappa shape index (κ1) is 25.3. The topological polar surface area (TPSA) is 18.5 Å². The van der Waals surface area contributed by atoms with Crippen molar-refractivity contribution in [2.75, 3.05) is 0 Å². The fourth-order valence-corrected chi connectivity index (χ4v) is 10.1. The zero-order chi connectivity index (χ0) is 24.0. The minimum Gasteiger partial charge on any atom is -0.544 e. The van der Waals surface area contributed by atoms with Crippen LogP contribution in [0.1, 0.15) is 48.0 Å². The first-order valence-electron chi connectivity index (χ1n) is 12.2. The van der Waals surface area contributed by atoms with Crippen LogP contribution in [0.4, 0.5) is 0 Å². The predicted molar refractivity (Wildman–Crippen MR) is 148 cm³/mol. The molecule has 0 atom stereocenters. The molecule has 0 spiro atoms. The van der Waals surface area contributed by atoms with Crippen LogP contribution >= 0.6 is 0 Å². The molecule has 1 heterocycles. The summed E-state index contributed by atoms with van der Waals surface area (Å²) in [6.45, 7) is 23.0. The largest absolute Gasteiger partial charge is 0.544 e. The summed E-state index contributed by atoms with van der Waals surface area (Å²) in [6, 6.07) is 21.0. The van der Waals surface area contributed by atoms with Crippen molar-refractivity contribution in [1.82, 2.24) is 0 Å². The van der Waals surface area contributed by atoms with Crippen LogP contribution in [-0.4, -0.2) is 24.7 Å². The number of hydrogen-bond acceptors (Lipinski definition) is 2. The highest BCUT2D eigenvalue weighted by atomic mass is 28.4. The highest BCUT2D eigenvalue weighted by Crippen LogP contribution is 2.39. The van der Waals surface area contributed by atoms with E-state index >= 15 is 0 Å². The summed E-state index contributed by atoms with van der Waals surface area (Å²) in [7, 11) is -5.23. The quantitative estimate of drug-likeness (QED) is 0.397. The molecule has 32 heavy (non-hydrogen) atoms. The average Bonchev–Trinajstić information content (AvgIpc) is 2.61. The number of benzene rings is 2. The summed E-state index contributed by atoms with van der Waals surface area (Å²) in [5, 5.41) is 3.52. The van der Waals surface area contributed by atoms with E-state index in [0.29, 0.717) is 0 Å². The molecule has 0 N–H and O–H groups in total. The Balaban J connectivity index is 1.80. The highest BCUT2D eigenvalue weighted by molar-refractivity contribution is 7.04. The molecule has 0 amide bonds. The van der Waals surface area contributed by atoms with E-state index in [-0.39, 0.29) is 10.1 Å². The first-order valence-corrected chi connectivity index (χ1v) is 20.4. The molecule has 176 valence electrons. The Morgan fingerprint density at radius 1 is 0.594 bits per heavy atom. The van der Waals surface area contributed by atoms with Crippen molar-refractivity contribution in [2.24, 2.45) is 0 Å². The molecule has 3 rings (SSSR count). The van der Waals surface area contributed by atoms with Crippen LogP contribution in [0, 0.1) is 0 Å². The highest BCUT2D eigenvalue weighted by Gasteiger charge is 2.44. The maximum atomic E-state index is 6.52. The van der Waals surface area contributed by atoms with E-state index in [4.69, 9.17) is 8.85 Å². The summed E-state index contributed by atoms with van der Waals surface area (Å²) in [5.74, 6) is 2.06. The lowest BCUT2D eigenvalue weighted by atomic mass is 10.2. The third-order valence-electron chi connectivity index (χ3n) is 8.38. The fraction of sp³-hybridized carbons (Fsp3) is 0.556. The lowest BCUT2D eigenvalue weighted by molar-refractivity contribution is 0.492. The van der Waals surface area contributed by atoms with Crippen LogP contribution in [0.3, 0.4) is 0 Å². The molecule has 1 aliphatic rings. The van der Waals surface area contributed by atoms with Crippen molar-refractivity contribution >= 4 is 35.1 Å². The Morgan fingerprint density at radius 3 is 1.12 bits per heavy atom. The Kier molecular flexibility index (Phi) is 6.71. The maximum Gasteiger partial charge on any atom is 0.250 e. The van der Waals surface area contributed by atoms with Crippen molar-refractivity contribution in [1.29, 1.82) is 0 Å². The van der Waals surface area contributed by atoms with Crippen molar-refractivity contribution < 1.29 is 8.85 Å². The number of rotatable bonds is 6. The van der Waals surface area contributed by atoms with Gasteiger partial charge in [0.15, 0.2) is 0 Å². The molecule has 0 aromatic heterocycles. The Labute approximate surface area is 200 Å². The fourth-order valence-electron chi connectivity index (χ4n) is 3.85. The Bertz CT molecular complexity index is 840. The average molecular weight is 485 g/mol. The van der Waals surface area contributed by atoms with Gasteiger partial charge in [0.05, 0.1) is 0 Å². The summed E-state index contributed by atoms with van der Waals surface area (Å²) < 4.78 is 13.0. The molecular weight excluding hydrogens is 441 g/mol. The molecule has 0 bridgehead atoms. The predicted octanol–water partition coefficient (Wildman–Crippen LogP) is 7.42. The van der Waals surface area contributed by atoms with Crippen molar-refractivity contribution in [3.05, 3.63) is 48.5 Å². The van der Waals surface area contributed by atoms with E-state index in [2.05, 4.69) is 116 Å². The van der Waals surface area contributed by atoms with Gasteiger partial charge in [-0.25, -0.2) is 0 Å². The molecular formula is C27H44O2Si3. The van der Waals surface area contributed by atoms with E-state index in [1.807, 2.05) is 0 Å². The van der Waals surface area contributed by atoms with E-state index in [1.54, 1.807) is 10.4 Å². The van der Waals surface area contributed by atoms with Crippen molar-refractivity contribution in [2.45, 2.75) is 96.3 Å². The SMILES string of the molecule is CC(C)(C)[Si](C)(C)Oc1ccc([Si]2(c3ccc(O[Si](C)(C)C(C)(C)C)cc3)CCC2)cc1. The minimum atomic E-state index is -1.81. The summed E-state index contributed by atoms with van der Waals surface area (Å²) >= 11 is 0. The maximum absolute atomic E-state index is 6.52. The normalized spacial score (nSPS) is 16.9. The molecule has 1 aliphatic heterocycles. The molecule has 1 fully saturated rings. The van der Waals surface area contributed by atoms with Crippen LogP contribution in [0.5, 0.6) is 11.5 Å². The molecule has 5 heteroatoms. The molecule has 0 aliphatic carbocycles. The van der Waals surface area contributed by atoms with Gasteiger partial charge in [-0.1, -0.05) is 82.6 Å². The van der Waals surface area contributed by atoms with E-state index in [0.717, 1.165) is 11.5 Å². The molecule has 0 radical (unpaired) electrons. The zero-order valence-electron chi connectivity index (χ0n) is 22.1. The molecule has 2 aromatic rings. The minimum absolute atomic E-state index is 0.212. The second-order valence-electron chi connectivity index (χ2n) is 12.7. The van der Waals surface area contributed by atoms with Gasteiger partial charge >= 0.3 is 0 Å². The smallest absolute Gasteiger partial charge is 0.250 e. The van der Waals surface area contributed by atoms with Gasteiger partial charge in [-0.3, -0.25) is 0 Å². The molecule has 0 unspecified atom stereocenters. The summed E-state index contributed by atoms with van der Waals surface area (Å²) in [4.78, 5) is 0. The van der Waals surface area contributed by atoms with Gasteiger partial charge in [-0.15, -0.1) is 0 Å². The monoisotopic (exact) mass is 484 g/mol. The van der Waals surface area contributed by atoms with Crippen molar-refractivity contribution in [3.8, 4) is 11.5 Å². The van der Waals surface area contributed by atoms with Crippen LogP contribution in [-0.2, 0) is 0 Å². The van der Waals surface area contributed by atoms with Crippen LogP contribution < -0.4 is 19.2 Å². The van der Waals surface area contributed by atoms with Crippen molar-refractivity contribution in [3.63, 3.8) is 0 Å². The zero-order valence-corrected chi connectivity index (χ0v) is 25.1. The summed E-state index contributed by atoms with van der Waals surface area (Å²) in [6.07, 6.45) is 1.34. The van der Waals surface area contributed by atoms with Gasteiger partial charge in [-0.05, 0) is 72.6 Å². The second-order valence-corrected chi connectivity index (χ2v) is 26.5. The second kappa shape index (κ2) is 8.48. The van der Waals surface area contributed by atoms with Gasteiger partial charge in [0.1, 0.15) is 19.6 Å². The lowest BCUT2D eigenvalue weighted by Crippen LogP contribution is -2.62. The van der Waals surface area contributed by atoms with Crippen LogP contribution in [0.2, 0.25) is 48.4 Å². The molecule has 2 nitrogen and oxygen atoms in total. The first-order chi connectivity index (χ1) is 14.6. The standard InChI is InChI=1S/C27H44O2Si3/c1-26(2,3)30(7,8)28-22-12-16-24(17-13-22)32(20-11-21-32)25-18-14-23(15-19-25)29-31(9,10)27(4,5)6/h12-19H,11,20-21H2,1-10H3. The lowest BCUT2D eigenvalue weighted by Gasteiger charge is -2.41. The van der Waals surface area contributed by atoms with Gasteiger partial charge in [0, 0.05) is 0 Å². The number of hydrogen-bond donors (Lipinski definition) is 0. The van der Waals surface area contributed by atoms with Gasteiger partial charge < -0.3 is 8.85 Å². The van der Waals surface area contributed by atoms with Crippen LogP contribution in [0.15, 0.2) is 48.5 Å².